The fourth-order valence-electron chi connectivity index (χ4n) is 3.63. The first-order valence-corrected chi connectivity index (χ1v) is 12.6. The predicted octanol–water partition coefficient (Wildman–Crippen LogP) is 5.91. The lowest BCUT2D eigenvalue weighted by Crippen LogP contribution is -2.23. The Labute approximate surface area is 196 Å². The number of ether oxygens (including phenoxy) is 2. The summed E-state index contributed by atoms with van der Waals surface area (Å²) in [4.78, 5) is 2.00. The highest BCUT2D eigenvalue weighted by molar-refractivity contribution is 7.67. The maximum absolute atomic E-state index is 14.9. The summed E-state index contributed by atoms with van der Waals surface area (Å²) in [5.74, 6) is 0.531. The number of para-hydroxylation sites is 1. The molecule has 0 amide bonds. The summed E-state index contributed by atoms with van der Waals surface area (Å²) in [5.41, 5.74) is 2.53. The Kier molecular flexibility index (Phi) is 8.06. The standard InChI is InChI=1S/C26H33N2O4P/c1-19(2)32-33(29,23-15-12-21(13-16-23)28(3)4)26(27-20-10-8-7-9-11-20)24-18-22(30-5)14-17-25(24)31-6/h7-19,26-27H,1-6H3/t26-,33-/m1/s1. The molecule has 0 bridgehead atoms. The fraction of sp³-hybridized carbons (Fsp3) is 0.308. The number of nitrogens with one attached hydrogen (secondary N) is 1. The number of benzene rings is 3. The third kappa shape index (κ3) is 5.70. The molecular weight excluding hydrogens is 435 g/mol. The molecule has 0 saturated heterocycles. The van der Waals surface area contributed by atoms with Crippen LogP contribution in [-0.2, 0) is 9.09 Å². The zero-order chi connectivity index (χ0) is 24.0. The zero-order valence-corrected chi connectivity index (χ0v) is 21.0. The number of nitrogens with zero attached hydrogens (tertiary/aromatic N) is 1. The van der Waals surface area contributed by atoms with Crippen LogP contribution in [0.3, 0.4) is 0 Å². The quantitative estimate of drug-likeness (QED) is 0.373. The lowest BCUT2D eigenvalue weighted by Gasteiger charge is -2.32. The van der Waals surface area contributed by atoms with Crippen molar-refractivity contribution >= 4 is 24.0 Å². The van der Waals surface area contributed by atoms with Gasteiger partial charge in [-0.25, -0.2) is 0 Å². The molecule has 6 nitrogen and oxygen atoms in total. The van der Waals surface area contributed by atoms with E-state index in [1.165, 1.54) is 0 Å². The summed E-state index contributed by atoms with van der Waals surface area (Å²) < 4.78 is 32.3. The molecule has 33 heavy (non-hydrogen) atoms. The van der Waals surface area contributed by atoms with Gasteiger partial charge in [0, 0.05) is 36.3 Å². The molecule has 2 atom stereocenters. The minimum absolute atomic E-state index is 0.263. The molecule has 3 rings (SSSR count). The van der Waals surface area contributed by atoms with E-state index in [-0.39, 0.29) is 6.10 Å². The fourth-order valence-corrected chi connectivity index (χ4v) is 6.25. The molecule has 0 aliphatic carbocycles. The third-order valence-corrected chi connectivity index (χ3v) is 8.08. The molecule has 0 saturated carbocycles. The van der Waals surface area contributed by atoms with Crippen LogP contribution in [0, 0.1) is 0 Å². The summed E-state index contributed by atoms with van der Waals surface area (Å²) in [7, 11) is 3.64. The lowest BCUT2D eigenvalue weighted by molar-refractivity contribution is 0.245. The van der Waals surface area contributed by atoms with E-state index >= 15 is 0 Å². The summed E-state index contributed by atoms with van der Waals surface area (Å²) in [6, 6.07) is 22.8. The molecule has 0 aromatic heterocycles. The number of anilines is 2. The van der Waals surface area contributed by atoms with E-state index < -0.39 is 13.2 Å². The van der Waals surface area contributed by atoms with E-state index in [2.05, 4.69) is 5.32 Å². The first kappa shape index (κ1) is 24.7. The molecule has 176 valence electrons. The molecular formula is C26H33N2O4P. The van der Waals surface area contributed by atoms with E-state index in [4.69, 9.17) is 14.0 Å². The second kappa shape index (κ2) is 10.8. The van der Waals surface area contributed by atoms with Crippen LogP contribution >= 0.6 is 7.37 Å². The highest BCUT2D eigenvalue weighted by atomic mass is 31.2. The van der Waals surface area contributed by atoms with Gasteiger partial charge in [-0.3, -0.25) is 4.57 Å². The van der Waals surface area contributed by atoms with Gasteiger partial charge in [0.2, 0.25) is 0 Å². The molecule has 3 aromatic rings. The van der Waals surface area contributed by atoms with Crippen LogP contribution in [0.25, 0.3) is 0 Å². The lowest BCUT2D eigenvalue weighted by atomic mass is 10.1. The number of hydrogen-bond acceptors (Lipinski definition) is 6. The molecule has 0 unspecified atom stereocenters. The van der Waals surface area contributed by atoms with Crippen molar-refractivity contribution in [2.75, 3.05) is 38.5 Å². The van der Waals surface area contributed by atoms with Crippen molar-refractivity contribution in [1.29, 1.82) is 0 Å². The molecule has 7 heteroatoms. The second-order valence-corrected chi connectivity index (χ2v) is 10.6. The summed E-state index contributed by atoms with van der Waals surface area (Å²) >= 11 is 0. The largest absolute Gasteiger partial charge is 0.497 e. The smallest absolute Gasteiger partial charge is 0.258 e. The molecule has 0 heterocycles. The molecule has 0 radical (unpaired) electrons. The Balaban J connectivity index is 2.23. The van der Waals surface area contributed by atoms with Gasteiger partial charge in [-0.1, -0.05) is 18.2 Å². The normalized spacial score (nSPS) is 13.8. The average Bonchev–Trinajstić information content (AvgIpc) is 2.82. The number of methoxy groups -OCH3 is 2. The Morgan fingerprint density at radius 2 is 1.55 bits per heavy atom. The highest BCUT2D eigenvalue weighted by Crippen LogP contribution is 2.61. The van der Waals surface area contributed by atoms with Gasteiger partial charge >= 0.3 is 0 Å². The maximum Gasteiger partial charge on any atom is 0.258 e. The zero-order valence-electron chi connectivity index (χ0n) is 20.1. The Morgan fingerprint density at radius 1 is 0.879 bits per heavy atom. The third-order valence-electron chi connectivity index (χ3n) is 5.24. The van der Waals surface area contributed by atoms with Crippen LogP contribution in [0.4, 0.5) is 11.4 Å². The molecule has 0 fully saturated rings. The van der Waals surface area contributed by atoms with Crippen molar-refractivity contribution in [3.8, 4) is 11.5 Å². The summed E-state index contributed by atoms with van der Waals surface area (Å²) in [6.45, 7) is 3.78. The maximum atomic E-state index is 14.9. The second-order valence-electron chi connectivity index (χ2n) is 8.18. The molecule has 0 aliphatic heterocycles. The average molecular weight is 469 g/mol. The summed E-state index contributed by atoms with van der Waals surface area (Å²) in [5, 5.41) is 4.09. The van der Waals surface area contributed by atoms with Gasteiger partial charge in [0.1, 0.15) is 17.3 Å². The van der Waals surface area contributed by atoms with Crippen molar-refractivity contribution in [3.05, 3.63) is 78.4 Å². The van der Waals surface area contributed by atoms with Crippen molar-refractivity contribution in [3.63, 3.8) is 0 Å². The van der Waals surface area contributed by atoms with Gasteiger partial charge in [-0.15, -0.1) is 0 Å². The molecule has 1 N–H and O–H groups in total. The molecule has 3 aromatic carbocycles. The van der Waals surface area contributed by atoms with E-state index in [0.29, 0.717) is 22.4 Å². The van der Waals surface area contributed by atoms with E-state index in [1.807, 2.05) is 106 Å². The van der Waals surface area contributed by atoms with Crippen LogP contribution in [0.15, 0.2) is 72.8 Å². The first-order chi connectivity index (χ1) is 15.8. The molecule has 0 aliphatic rings. The van der Waals surface area contributed by atoms with Gasteiger partial charge in [0.15, 0.2) is 0 Å². The van der Waals surface area contributed by atoms with Gasteiger partial charge in [-0.05, 0) is 68.4 Å². The summed E-state index contributed by atoms with van der Waals surface area (Å²) in [6.07, 6.45) is -0.263. The van der Waals surface area contributed by atoms with E-state index in [1.54, 1.807) is 14.2 Å². The monoisotopic (exact) mass is 468 g/mol. The number of rotatable bonds is 10. The number of hydrogen-bond donors (Lipinski definition) is 1. The molecule has 0 spiro atoms. The minimum atomic E-state index is -3.51. The highest BCUT2D eigenvalue weighted by Gasteiger charge is 2.40. The van der Waals surface area contributed by atoms with Crippen molar-refractivity contribution < 1.29 is 18.6 Å². The Bertz CT molecular complexity index is 1090. The Hall–Kier alpha value is -2.95. The van der Waals surface area contributed by atoms with E-state index in [0.717, 1.165) is 11.4 Å². The minimum Gasteiger partial charge on any atom is -0.497 e. The van der Waals surface area contributed by atoms with Gasteiger partial charge in [0.25, 0.3) is 7.37 Å². The van der Waals surface area contributed by atoms with Crippen LogP contribution in [0.2, 0.25) is 0 Å². The van der Waals surface area contributed by atoms with Crippen molar-refractivity contribution in [2.45, 2.75) is 25.7 Å². The van der Waals surface area contributed by atoms with Crippen LogP contribution < -0.4 is 25.0 Å². The van der Waals surface area contributed by atoms with Gasteiger partial charge in [-0.2, -0.15) is 0 Å². The van der Waals surface area contributed by atoms with Gasteiger partial charge in [0.05, 0.1) is 20.3 Å². The SMILES string of the molecule is COc1ccc(OC)c([C@H](Nc2ccccc2)[P@](=O)(OC(C)C)c2ccc(N(C)C)cc2)c1. The topological polar surface area (TPSA) is 60.0 Å². The predicted molar refractivity (Wildman–Crippen MR) is 137 cm³/mol. The van der Waals surface area contributed by atoms with Crippen LogP contribution in [0.5, 0.6) is 11.5 Å². The Morgan fingerprint density at radius 3 is 2.09 bits per heavy atom. The van der Waals surface area contributed by atoms with E-state index in [9.17, 15) is 4.57 Å². The van der Waals surface area contributed by atoms with Crippen molar-refractivity contribution in [2.24, 2.45) is 0 Å². The van der Waals surface area contributed by atoms with Gasteiger partial charge < -0.3 is 24.2 Å². The first-order valence-electron chi connectivity index (χ1n) is 10.9. The van der Waals surface area contributed by atoms with Crippen LogP contribution in [0.1, 0.15) is 25.2 Å². The van der Waals surface area contributed by atoms with Crippen molar-refractivity contribution in [1.82, 2.24) is 0 Å². The van der Waals surface area contributed by atoms with Crippen LogP contribution in [-0.4, -0.2) is 34.4 Å².